The number of nitrogens with zero attached hydrogens (tertiary/aromatic N) is 2. The van der Waals surface area contributed by atoms with Gasteiger partial charge in [-0.15, -0.1) is 0 Å². The summed E-state index contributed by atoms with van der Waals surface area (Å²) in [6, 6.07) is 9.42. The van der Waals surface area contributed by atoms with Crippen molar-refractivity contribution in [3.63, 3.8) is 0 Å². The van der Waals surface area contributed by atoms with Crippen LogP contribution in [0.4, 0.5) is 4.39 Å². The molecule has 1 aromatic carbocycles. The molecule has 2 N–H and O–H groups in total. The van der Waals surface area contributed by atoms with Crippen LogP contribution < -0.4 is 5.32 Å². The largest absolute Gasteiger partial charge is 0.349 e. The summed E-state index contributed by atoms with van der Waals surface area (Å²) in [6.45, 7) is 0.195. The fourth-order valence-electron chi connectivity index (χ4n) is 2.15. The Morgan fingerprint density at radius 2 is 2.22 bits per heavy atom. The van der Waals surface area contributed by atoms with Crippen molar-refractivity contribution < 1.29 is 9.18 Å². The number of nitrogens with one attached hydrogen (secondary N) is 2. The normalized spacial score (nSPS) is 10.5. The van der Waals surface area contributed by atoms with Gasteiger partial charge >= 0.3 is 0 Å². The first-order valence-corrected chi connectivity index (χ1v) is 7.47. The van der Waals surface area contributed by atoms with Gasteiger partial charge in [-0.3, -0.25) is 9.78 Å². The predicted molar refractivity (Wildman–Crippen MR) is 86.1 cm³/mol. The Morgan fingerprint density at radius 3 is 3.00 bits per heavy atom. The zero-order valence-electron chi connectivity index (χ0n) is 11.7. The summed E-state index contributed by atoms with van der Waals surface area (Å²) >= 11 is 3.32. The molecular weight excluding hydrogens is 363 g/mol. The Labute approximate surface area is 139 Å². The minimum atomic E-state index is -0.574. The van der Waals surface area contributed by atoms with Crippen molar-refractivity contribution in [2.24, 2.45) is 0 Å². The number of aromatic amines is 1. The molecule has 0 saturated carbocycles. The van der Waals surface area contributed by atoms with Crippen LogP contribution in [0.1, 0.15) is 21.6 Å². The van der Waals surface area contributed by atoms with Gasteiger partial charge in [0, 0.05) is 17.2 Å². The van der Waals surface area contributed by atoms with Crippen molar-refractivity contribution in [1.29, 1.82) is 5.26 Å². The molecule has 0 aliphatic carbocycles. The molecule has 0 aliphatic rings. The summed E-state index contributed by atoms with van der Waals surface area (Å²) in [5, 5.41) is 11.5. The van der Waals surface area contributed by atoms with Crippen molar-refractivity contribution in [3.05, 3.63) is 63.6 Å². The quantitative estimate of drug-likeness (QED) is 0.740. The molecule has 0 bridgehead atoms. The van der Waals surface area contributed by atoms with Crippen LogP contribution in [0, 0.1) is 17.1 Å². The van der Waals surface area contributed by atoms with Gasteiger partial charge in [-0.05, 0) is 45.8 Å². The van der Waals surface area contributed by atoms with E-state index in [1.807, 2.05) is 6.07 Å². The van der Waals surface area contributed by atoms with E-state index in [9.17, 15) is 9.18 Å². The molecule has 0 radical (unpaired) electrons. The van der Waals surface area contributed by atoms with Crippen LogP contribution in [0.25, 0.3) is 11.0 Å². The maximum Gasteiger partial charge on any atom is 0.268 e. The van der Waals surface area contributed by atoms with Crippen molar-refractivity contribution in [3.8, 4) is 6.07 Å². The van der Waals surface area contributed by atoms with E-state index < -0.39 is 5.82 Å². The summed E-state index contributed by atoms with van der Waals surface area (Å²) in [5.74, 6) is -0.878. The second-order valence-corrected chi connectivity index (χ2v) is 5.79. The Balaban J connectivity index is 1.74. The number of rotatable bonds is 3. The van der Waals surface area contributed by atoms with Gasteiger partial charge in [0.05, 0.1) is 16.6 Å². The number of halogens is 2. The Kier molecular flexibility index (Phi) is 4.08. The molecular formula is C16H10BrFN4O. The van der Waals surface area contributed by atoms with Gasteiger partial charge in [0.25, 0.3) is 5.91 Å². The van der Waals surface area contributed by atoms with E-state index in [4.69, 9.17) is 5.26 Å². The highest BCUT2D eigenvalue weighted by Crippen LogP contribution is 2.17. The number of fused-ring (bicyclic) bond motifs is 1. The molecule has 0 atom stereocenters. The zero-order chi connectivity index (χ0) is 16.4. The fourth-order valence-corrected chi connectivity index (χ4v) is 2.48. The molecule has 0 unspecified atom stereocenters. The average molecular weight is 373 g/mol. The van der Waals surface area contributed by atoms with Crippen LogP contribution in [-0.4, -0.2) is 15.9 Å². The third kappa shape index (κ3) is 3.22. The van der Waals surface area contributed by atoms with Crippen molar-refractivity contribution in [2.75, 3.05) is 0 Å². The second-order valence-electron chi connectivity index (χ2n) is 4.88. The van der Waals surface area contributed by atoms with Gasteiger partial charge in [0.15, 0.2) is 0 Å². The van der Waals surface area contributed by atoms with E-state index in [0.717, 1.165) is 9.99 Å². The number of amides is 1. The molecule has 23 heavy (non-hydrogen) atoms. The highest BCUT2D eigenvalue weighted by atomic mass is 79.9. The van der Waals surface area contributed by atoms with Crippen molar-refractivity contribution in [1.82, 2.24) is 15.3 Å². The molecule has 0 aliphatic heterocycles. The first-order valence-electron chi connectivity index (χ1n) is 6.68. The lowest BCUT2D eigenvalue weighted by Crippen LogP contribution is -2.23. The Morgan fingerprint density at radius 1 is 1.39 bits per heavy atom. The third-order valence-electron chi connectivity index (χ3n) is 3.28. The van der Waals surface area contributed by atoms with Crippen LogP contribution >= 0.6 is 15.9 Å². The fraction of sp³-hybridized carbons (Fsp3) is 0.0625. The number of carbonyl (C=O) groups is 1. The third-order valence-corrected chi connectivity index (χ3v) is 3.72. The first kappa shape index (κ1) is 15.2. The minimum Gasteiger partial charge on any atom is -0.349 e. The van der Waals surface area contributed by atoms with E-state index in [2.05, 4.69) is 31.2 Å². The van der Waals surface area contributed by atoms with Crippen LogP contribution in [-0.2, 0) is 6.54 Å². The lowest BCUT2D eigenvalue weighted by atomic mass is 10.1. The van der Waals surface area contributed by atoms with Crippen LogP contribution in [0.5, 0.6) is 0 Å². The maximum absolute atomic E-state index is 13.3. The van der Waals surface area contributed by atoms with Gasteiger partial charge in [0.1, 0.15) is 17.6 Å². The number of H-pyrrole nitrogens is 1. The maximum atomic E-state index is 13.3. The number of carbonyl (C=O) groups excluding carboxylic acids is 1. The highest BCUT2D eigenvalue weighted by Gasteiger charge is 2.11. The number of hydrogen-bond donors (Lipinski definition) is 2. The lowest BCUT2D eigenvalue weighted by Gasteiger charge is -2.04. The summed E-state index contributed by atoms with van der Waals surface area (Å²) in [4.78, 5) is 19.4. The molecule has 7 heteroatoms. The number of pyridine rings is 1. The summed E-state index contributed by atoms with van der Waals surface area (Å²) < 4.78 is 14.1. The standard InChI is InChI=1S/C16H10BrFN4O/c17-11-4-14-13(20-8-11)5-15(22-14)16(23)21-7-9-1-2-12(18)10(3-9)6-19/h1-5,8,22H,7H2,(H,21,23). The molecule has 0 spiro atoms. The van der Waals surface area contributed by atoms with Crippen LogP contribution in [0.3, 0.4) is 0 Å². The monoisotopic (exact) mass is 372 g/mol. The molecule has 2 aromatic heterocycles. The molecule has 5 nitrogen and oxygen atoms in total. The van der Waals surface area contributed by atoms with Crippen molar-refractivity contribution >= 4 is 32.9 Å². The Bertz CT molecular complexity index is 945. The van der Waals surface area contributed by atoms with E-state index >= 15 is 0 Å². The van der Waals surface area contributed by atoms with Crippen LogP contribution in [0.15, 0.2) is 41.0 Å². The Hall–Kier alpha value is -2.72. The van der Waals surface area contributed by atoms with Gasteiger partial charge < -0.3 is 10.3 Å². The smallest absolute Gasteiger partial charge is 0.268 e. The predicted octanol–water partition coefficient (Wildman–Crippen LogP) is 3.27. The number of hydrogen-bond acceptors (Lipinski definition) is 3. The summed E-state index contributed by atoms with van der Waals surface area (Å²) in [5.41, 5.74) is 2.42. The first-order chi connectivity index (χ1) is 11.1. The SMILES string of the molecule is N#Cc1cc(CNC(=O)c2cc3ncc(Br)cc3[nH]2)ccc1F. The van der Waals surface area contributed by atoms with E-state index in [1.54, 1.807) is 18.3 Å². The molecule has 114 valence electrons. The van der Waals surface area contributed by atoms with Crippen molar-refractivity contribution in [2.45, 2.75) is 6.54 Å². The van der Waals surface area contributed by atoms with Gasteiger partial charge in [0.2, 0.25) is 0 Å². The lowest BCUT2D eigenvalue weighted by molar-refractivity contribution is 0.0946. The topological polar surface area (TPSA) is 81.6 Å². The highest BCUT2D eigenvalue weighted by molar-refractivity contribution is 9.10. The van der Waals surface area contributed by atoms with Gasteiger partial charge in [-0.25, -0.2) is 4.39 Å². The molecule has 1 amide bonds. The molecule has 2 heterocycles. The summed E-state index contributed by atoms with van der Waals surface area (Å²) in [7, 11) is 0. The van der Waals surface area contributed by atoms with Gasteiger partial charge in [-0.1, -0.05) is 6.07 Å². The van der Waals surface area contributed by atoms with E-state index in [0.29, 0.717) is 16.8 Å². The summed E-state index contributed by atoms with van der Waals surface area (Å²) in [6.07, 6.45) is 1.65. The van der Waals surface area contributed by atoms with Gasteiger partial charge in [-0.2, -0.15) is 5.26 Å². The molecule has 3 rings (SSSR count). The second kappa shape index (κ2) is 6.18. The molecule has 3 aromatic rings. The minimum absolute atomic E-state index is 0.0450. The molecule has 0 fully saturated rings. The zero-order valence-corrected chi connectivity index (χ0v) is 13.3. The molecule has 0 saturated heterocycles. The van der Waals surface area contributed by atoms with E-state index in [1.165, 1.54) is 18.2 Å². The van der Waals surface area contributed by atoms with Crippen LogP contribution in [0.2, 0.25) is 0 Å². The number of nitriles is 1. The average Bonchev–Trinajstić information content (AvgIpc) is 2.97. The number of aromatic nitrogens is 2. The number of benzene rings is 1. The van der Waals surface area contributed by atoms with E-state index in [-0.39, 0.29) is 18.0 Å².